The van der Waals surface area contributed by atoms with E-state index in [1.807, 2.05) is 0 Å². The molecule has 3 aromatic heterocycles. The van der Waals surface area contributed by atoms with Gasteiger partial charge >= 0.3 is 6.18 Å². The van der Waals surface area contributed by atoms with Gasteiger partial charge in [0.25, 0.3) is 0 Å². The van der Waals surface area contributed by atoms with Gasteiger partial charge in [-0.2, -0.15) is 13.2 Å². The summed E-state index contributed by atoms with van der Waals surface area (Å²) in [5.41, 5.74) is -2.07. The molecule has 3 aromatic rings. The van der Waals surface area contributed by atoms with Gasteiger partial charge in [-0.15, -0.1) is 0 Å². The number of rotatable bonds is 3. The van der Waals surface area contributed by atoms with Crippen LogP contribution in [0.15, 0.2) is 55.0 Å². The van der Waals surface area contributed by atoms with E-state index >= 15 is 0 Å². The van der Waals surface area contributed by atoms with Crippen LogP contribution in [-0.2, 0) is 5.41 Å². The molecule has 3 N–H and O–H groups in total. The number of halogens is 3. The first-order valence-electron chi connectivity index (χ1n) is 6.05. The van der Waals surface area contributed by atoms with E-state index in [0.29, 0.717) is 0 Å². The van der Waals surface area contributed by atoms with Gasteiger partial charge in [0.05, 0.1) is 0 Å². The number of alkyl halides is 3. The Balaban J connectivity index is 2.37. The highest BCUT2D eigenvalue weighted by molar-refractivity contribution is 5.45. The quantitative estimate of drug-likeness (QED) is 0.656. The van der Waals surface area contributed by atoms with Crippen LogP contribution >= 0.6 is 0 Å². The molecule has 0 unspecified atom stereocenters. The largest absolute Gasteiger partial charge is 0.410 e. The summed E-state index contributed by atoms with van der Waals surface area (Å²) < 4.78 is 42.0. The summed E-state index contributed by atoms with van der Waals surface area (Å²) in [6, 6.07) is 8.99. The van der Waals surface area contributed by atoms with Crippen LogP contribution in [0.1, 0.15) is 17.1 Å². The molecule has 0 saturated heterocycles. The summed E-state index contributed by atoms with van der Waals surface area (Å²) in [6.07, 6.45) is -0.0430. The van der Waals surface area contributed by atoms with Crippen LogP contribution in [0, 0.1) is 0 Å². The molecule has 0 spiro atoms. The molecule has 3 heterocycles. The lowest BCUT2D eigenvalue weighted by atomic mass is 9.77. The lowest BCUT2D eigenvalue weighted by Gasteiger charge is -2.33. The third kappa shape index (κ3) is 1.61. The SMILES string of the molecule is FC(F)(F)C(c1ccc[nH]1)(c1ccc[nH]1)c1ccc[nH]1. The highest BCUT2D eigenvalue weighted by Gasteiger charge is 2.60. The predicted molar refractivity (Wildman–Crippen MR) is 68.3 cm³/mol. The average molecular weight is 279 g/mol. The summed E-state index contributed by atoms with van der Waals surface area (Å²) in [5.74, 6) is 0. The van der Waals surface area contributed by atoms with Crippen LogP contribution in [0.25, 0.3) is 0 Å². The van der Waals surface area contributed by atoms with Crippen LogP contribution in [0.2, 0.25) is 0 Å². The van der Waals surface area contributed by atoms with Gasteiger partial charge in [-0.3, -0.25) is 0 Å². The number of hydrogen-bond acceptors (Lipinski definition) is 0. The Kier molecular flexibility index (Phi) is 2.74. The van der Waals surface area contributed by atoms with E-state index in [1.165, 1.54) is 36.8 Å². The van der Waals surface area contributed by atoms with Crippen molar-refractivity contribution in [2.75, 3.05) is 0 Å². The van der Waals surface area contributed by atoms with Gasteiger partial charge in [-0.05, 0) is 36.4 Å². The van der Waals surface area contributed by atoms with Crippen molar-refractivity contribution < 1.29 is 13.2 Å². The maximum atomic E-state index is 14.0. The molecule has 0 radical (unpaired) electrons. The molecule has 6 heteroatoms. The van der Waals surface area contributed by atoms with Crippen molar-refractivity contribution in [1.29, 1.82) is 0 Å². The number of H-pyrrole nitrogens is 3. The van der Waals surface area contributed by atoms with E-state index in [-0.39, 0.29) is 17.1 Å². The van der Waals surface area contributed by atoms with Crippen molar-refractivity contribution in [3.8, 4) is 0 Å². The Hall–Kier alpha value is -2.37. The van der Waals surface area contributed by atoms with Crippen LogP contribution < -0.4 is 0 Å². The zero-order chi connectivity index (χ0) is 14.2. The Morgan fingerprint density at radius 3 is 1.20 bits per heavy atom. The Morgan fingerprint density at radius 2 is 1.00 bits per heavy atom. The zero-order valence-corrected chi connectivity index (χ0v) is 10.3. The van der Waals surface area contributed by atoms with E-state index in [4.69, 9.17) is 0 Å². The number of nitrogens with one attached hydrogen (secondary N) is 3. The number of hydrogen-bond donors (Lipinski definition) is 3. The van der Waals surface area contributed by atoms with Gasteiger partial charge in [0.1, 0.15) is 0 Å². The second-order valence-electron chi connectivity index (χ2n) is 4.50. The molecule has 0 amide bonds. The molecule has 3 rings (SSSR count). The van der Waals surface area contributed by atoms with E-state index < -0.39 is 11.6 Å². The second kappa shape index (κ2) is 4.33. The fraction of sp³-hybridized carbons (Fsp3) is 0.143. The molecule has 0 aliphatic rings. The van der Waals surface area contributed by atoms with E-state index in [9.17, 15) is 13.2 Å². The van der Waals surface area contributed by atoms with Crippen molar-refractivity contribution in [3.05, 3.63) is 72.1 Å². The van der Waals surface area contributed by atoms with Crippen molar-refractivity contribution >= 4 is 0 Å². The fourth-order valence-electron chi connectivity index (χ4n) is 2.58. The summed E-state index contributed by atoms with van der Waals surface area (Å²) in [6.45, 7) is 0. The Bertz CT molecular complexity index is 565. The van der Waals surface area contributed by atoms with Crippen LogP contribution in [-0.4, -0.2) is 21.1 Å². The summed E-state index contributed by atoms with van der Waals surface area (Å²) >= 11 is 0. The van der Waals surface area contributed by atoms with Crippen molar-refractivity contribution in [1.82, 2.24) is 15.0 Å². The Labute approximate surface area is 112 Å². The fourth-order valence-corrected chi connectivity index (χ4v) is 2.58. The molecular formula is C14H12F3N3. The minimum Gasteiger partial charge on any atom is -0.364 e. The van der Waals surface area contributed by atoms with E-state index in [1.54, 1.807) is 18.2 Å². The first-order chi connectivity index (χ1) is 9.57. The van der Waals surface area contributed by atoms with E-state index in [2.05, 4.69) is 15.0 Å². The van der Waals surface area contributed by atoms with Gasteiger partial charge in [0.15, 0.2) is 5.41 Å². The average Bonchev–Trinajstić information content (AvgIpc) is 3.13. The van der Waals surface area contributed by atoms with Crippen LogP contribution in [0.4, 0.5) is 13.2 Å². The smallest absolute Gasteiger partial charge is 0.364 e. The van der Waals surface area contributed by atoms with Gasteiger partial charge in [-0.25, -0.2) is 0 Å². The predicted octanol–water partition coefficient (Wildman–Crippen LogP) is 3.57. The van der Waals surface area contributed by atoms with Crippen molar-refractivity contribution in [2.45, 2.75) is 11.6 Å². The van der Waals surface area contributed by atoms with Crippen LogP contribution in [0.3, 0.4) is 0 Å². The molecule has 0 aliphatic carbocycles. The molecule has 3 nitrogen and oxygen atoms in total. The third-order valence-corrected chi connectivity index (χ3v) is 3.43. The molecule has 0 aliphatic heterocycles. The molecule has 20 heavy (non-hydrogen) atoms. The highest BCUT2D eigenvalue weighted by Crippen LogP contribution is 2.49. The molecule has 0 bridgehead atoms. The summed E-state index contributed by atoms with van der Waals surface area (Å²) in [5, 5.41) is 0. The lowest BCUT2D eigenvalue weighted by molar-refractivity contribution is -0.169. The first-order valence-corrected chi connectivity index (χ1v) is 6.05. The highest BCUT2D eigenvalue weighted by atomic mass is 19.4. The van der Waals surface area contributed by atoms with Crippen molar-refractivity contribution in [3.63, 3.8) is 0 Å². The monoisotopic (exact) mass is 279 g/mol. The molecule has 0 atom stereocenters. The normalized spacial score (nSPS) is 12.8. The number of aromatic amines is 3. The molecular weight excluding hydrogens is 267 g/mol. The first kappa shape index (κ1) is 12.7. The summed E-state index contributed by atoms with van der Waals surface area (Å²) in [4.78, 5) is 8.10. The maximum Gasteiger partial charge on any atom is 0.410 e. The summed E-state index contributed by atoms with van der Waals surface area (Å²) in [7, 11) is 0. The van der Waals surface area contributed by atoms with Crippen LogP contribution in [0.5, 0.6) is 0 Å². The van der Waals surface area contributed by atoms with Gasteiger partial charge in [-0.1, -0.05) is 0 Å². The lowest BCUT2D eigenvalue weighted by Crippen LogP contribution is -2.45. The second-order valence-corrected chi connectivity index (χ2v) is 4.50. The topological polar surface area (TPSA) is 47.4 Å². The molecule has 0 fully saturated rings. The molecule has 104 valence electrons. The van der Waals surface area contributed by atoms with Crippen molar-refractivity contribution in [2.24, 2.45) is 0 Å². The number of aromatic nitrogens is 3. The van der Waals surface area contributed by atoms with Gasteiger partial charge in [0.2, 0.25) is 0 Å². The third-order valence-electron chi connectivity index (χ3n) is 3.43. The standard InChI is InChI=1S/C14H12F3N3/c15-14(16,17)13(10-4-1-7-18-10,11-5-2-8-19-11)12-6-3-9-20-12/h1-9,18-20H. The Morgan fingerprint density at radius 1 is 0.650 bits per heavy atom. The maximum absolute atomic E-state index is 14.0. The van der Waals surface area contributed by atoms with Gasteiger partial charge < -0.3 is 15.0 Å². The molecule has 0 aromatic carbocycles. The molecule has 0 saturated carbocycles. The zero-order valence-electron chi connectivity index (χ0n) is 10.3. The van der Waals surface area contributed by atoms with Gasteiger partial charge in [0, 0.05) is 35.7 Å². The van der Waals surface area contributed by atoms with E-state index in [0.717, 1.165) is 0 Å². The minimum atomic E-state index is -4.51. The minimum absolute atomic E-state index is 0.0647.